The maximum Gasteiger partial charge on any atom is 0.337 e. The molecule has 39 heavy (non-hydrogen) atoms. The quantitative estimate of drug-likeness (QED) is 0.240. The summed E-state index contributed by atoms with van der Waals surface area (Å²) in [4.78, 5) is 13.7. The molecule has 0 unspecified atom stereocenters. The molecule has 1 saturated heterocycles. The number of carbonyl (C=O) groups is 1. The van der Waals surface area contributed by atoms with Crippen molar-refractivity contribution < 1.29 is 23.6 Å². The molecule has 1 N–H and O–H groups in total. The number of hydrogen-bond donors (Lipinski definition) is 1. The second-order valence-corrected chi connectivity index (χ2v) is 11.4. The van der Waals surface area contributed by atoms with Gasteiger partial charge in [-0.2, -0.15) is 0 Å². The van der Waals surface area contributed by atoms with E-state index in [1.54, 1.807) is 24.4 Å². The monoisotopic (exact) mass is 571 g/mol. The zero-order chi connectivity index (χ0) is 27.3. The maximum atomic E-state index is 15.8. The van der Waals surface area contributed by atoms with Gasteiger partial charge in [0.05, 0.1) is 34.3 Å². The number of hydrogen-bond acceptors (Lipinski definition) is 5. The van der Waals surface area contributed by atoms with Crippen LogP contribution in [0.1, 0.15) is 53.3 Å². The summed E-state index contributed by atoms with van der Waals surface area (Å²) in [6.45, 7) is 1.19. The van der Waals surface area contributed by atoms with Crippen molar-refractivity contribution in [1.82, 2.24) is 9.72 Å². The minimum Gasteiger partial charge on any atom is -0.478 e. The molecule has 204 valence electrons. The summed E-state index contributed by atoms with van der Waals surface area (Å²) in [6.07, 6.45) is 4.30. The third-order valence-corrected chi connectivity index (χ3v) is 8.43. The second kappa shape index (κ2) is 10.2. The smallest absolute Gasteiger partial charge is 0.337 e. The number of carboxylic acids is 1. The van der Waals surface area contributed by atoms with Crippen LogP contribution >= 0.6 is 23.2 Å². The Labute approximate surface area is 235 Å². The summed E-state index contributed by atoms with van der Waals surface area (Å²) in [5.74, 6) is 0.110. The van der Waals surface area contributed by atoms with Gasteiger partial charge < -0.3 is 23.8 Å². The van der Waals surface area contributed by atoms with Crippen molar-refractivity contribution in [2.24, 2.45) is 7.05 Å². The average Bonchev–Trinajstić information content (AvgIpc) is 3.59. The number of rotatable bonds is 8. The Morgan fingerprint density at radius 3 is 2.59 bits per heavy atom. The van der Waals surface area contributed by atoms with Crippen LogP contribution in [0.2, 0.25) is 10.0 Å². The summed E-state index contributed by atoms with van der Waals surface area (Å²) in [5.41, 5.74) is 2.53. The predicted octanol–water partition coefficient (Wildman–Crippen LogP) is 7.24. The molecule has 10 heteroatoms. The standard InChI is InChI=1S/C29H28Cl2FN3O4/c1-34-14-20(28(36)37)19-8-7-18(13-24(19)34)35-11-9-29(32,10-12-35)16-38-15-21-26(33-39-27(21)17-5-6-17)25-22(30)3-2-4-23(25)31/h2-4,7-8,13-14,17H,5-6,9-12,15-16H2,1H3,(H,36,37). The molecule has 6 rings (SSSR count). The van der Waals surface area contributed by atoms with E-state index in [1.165, 1.54) is 0 Å². The van der Waals surface area contributed by atoms with Crippen molar-refractivity contribution in [3.05, 3.63) is 69.5 Å². The molecule has 7 nitrogen and oxygen atoms in total. The lowest BCUT2D eigenvalue weighted by atomic mass is 9.93. The van der Waals surface area contributed by atoms with Gasteiger partial charge in [0.2, 0.25) is 0 Å². The first-order valence-electron chi connectivity index (χ1n) is 13.0. The van der Waals surface area contributed by atoms with Gasteiger partial charge in [0.25, 0.3) is 0 Å². The van der Waals surface area contributed by atoms with Crippen LogP contribution in [0.3, 0.4) is 0 Å². The van der Waals surface area contributed by atoms with Gasteiger partial charge >= 0.3 is 5.97 Å². The van der Waals surface area contributed by atoms with Crippen LogP contribution in [0.4, 0.5) is 10.1 Å². The number of alkyl halides is 1. The summed E-state index contributed by atoms with van der Waals surface area (Å²) in [6, 6.07) is 11.0. The van der Waals surface area contributed by atoms with E-state index >= 15 is 4.39 Å². The Morgan fingerprint density at radius 1 is 1.21 bits per heavy atom. The Hall–Kier alpha value is -3.07. The first kappa shape index (κ1) is 26.2. The van der Waals surface area contributed by atoms with Crippen molar-refractivity contribution >= 4 is 45.8 Å². The minimum atomic E-state index is -1.46. The zero-order valence-corrected chi connectivity index (χ0v) is 22.9. The number of fused-ring (bicyclic) bond motifs is 1. The molecule has 0 bridgehead atoms. The summed E-state index contributed by atoms with van der Waals surface area (Å²) >= 11 is 12.9. The third-order valence-electron chi connectivity index (χ3n) is 7.80. The van der Waals surface area contributed by atoms with Gasteiger partial charge in [-0.15, -0.1) is 0 Å². The normalized spacial score (nSPS) is 17.2. The first-order chi connectivity index (χ1) is 18.7. The molecule has 0 amide bonds. The van der Waals surface area contributed by atoms with Crippen molar-refractivity contribution in [3.63, 3.8) is 0 Å². The summed E-state index contributed by atoms with van der Waals surface area (Å²) in [7, 11) is 1.83. The van der Waals surface area contributed by atoms with Crippen LogP contribution < -0.4 is 4.90 Å². The SMILES string of the molecule is Cn1cc(C(=O)O)c2ccc(N3CCC(F)(COCc4c(-c5c(Cl)cccc5Cl)noc4C4CC4)CC3)cc21. The fraction of sp³-hybridized carbons (Fsp3) is 0.379. The van der Waals surface area contributed by atoms with E-state index in [0.29, 0.717) is 58.5 Å². The lowest BCUT2D eigenvalue weighted by Gasteiger charge is -2.37. The number of aryl methyl sites for hydroxylation is 1. The molecule has 1 aliphatic heterocycles. The predicted molar refractivity (Wildman–Crippen MR) is 149 cm³/mol. The van der Waals surface area contributed by atoms with E-state index in [1.807, 2.05) is 29.8 Å². The topological polar surface area (TPSA) is 80.7 Å². The minimum absolute atomic E-state index is 0.0371. The van der Waals surface area contributed by atoms with Crippen molar-refractivity contribution in [2.45, 2.75) is 43.9 Å². The van der Waals surface area contributed by atoms with Crippen molar-refractivity contribution in [2.75, 3.05) is 24.6 Å². The van der Waals surface area contributed by atoms with E-state index in [2.05, 4.69) is 10.1 Å². The maximum absolute atomic E-state index is 15.8. The lowest BCUT2D eigenvalue weighted by Crippen LogP contribution is -2.44. The molecule has 4 aromatic rings. The molecule has 1 saturated carbocycles. The number of benzene rings is 2. The molecule has 1 aliphatic carbocycles. The molecule has 2 aromatic heterocycles. The number of carboxylic acid groups (broad SMARTS) is 1. The molecule has 2 fully saturated rings. The lowest BCUT2D eigenvalue weighted by molar-refractivity contribution is -0.00756. The number of aromatic nitrogens is 2. The van der Waals surface area contributed by atoms with Gasteiger partial charge in [0.1, 0.15) is 17.1 Å². The number of ether oxygens (including phenoxy) is 1. The molecule has 0 radical (unpaired) electrons. The van der Waals surface area contributed by atoms with Crippen LogP contribution in [-0.4, -0.2) is 46.2 Å². The van der Waals surface area contributed by atoms with E-state index in [9.17, 15) is 9.90 Å². The van der Waals surface area contributed by atoms with E-state index in [-0.39, 0.29) is 18.8 Å². The van der Waals surface area contributed by atoms with Crippen LogP contribution in [0.5, 0.6) is 0 Å². The van der Waals surface area contributed by atoms with Gasteiger partial charge in [0.15, 0.2) is 0 Å². The average molecular weight is 572 g/mol. The summed E-state index contributed by atoms with van der Waals surface area (Å²) in [5, 5.41) is 15.4. The molecule has 0 spiro atoms. The van der Waals surface area contributed by atoms with Crippen LogP contribution in [0.15, 0.2) is 47.1 Å². The highest BCUT2D eigenvalue weighted by Crippen LogP contribution is 2.46. The third kappa shape index (κ3) is 5.01. The highest BCUT2D eigenvalue weighted by Gasteiger charge is 2.37. The Bertz CT molecular complexity index is 1530. The van der Waals surface area contributed by atoms with Gasteiger partial charge in [-0.1, -0.05) is 34.4 Å². The van der Waals surface area contributed by atoms with Gasteiger partial charge in [-0.3, -0.25) is 0 Å². The molecule has 2 aliphatic rings. The van der Waals surface area contributed by atoms with Crippen LogP contribution in [0, 0.1) is 0 Å². The Kier molecular flexibility index (Phi) is 6.81. The van der Waals surface area contributed by atoms with Gasteiger partial charge in [0, 0.05) is 67.3 Å². The van der Waals surface area contributed by atoms with Crippen LogP contribution in [0.25, 0.3) is 22.2 Å². The van der Waals surface area contributed by atoms with Gasteiger partial charge in [-0.05, 0) is 43.2 Å². The van der Waals surface area contributed by atoms with Gasteiger partial charge in [-0.25, -0.2) is 9.18 Å². The van der Waals surface area contributed by atoms with E-state index in [0.717, 1.165) is 35.4 Å². The number of halogens is 3. The molecular formula is C29H28Cl2FN3O4. The zero-order valence-electron chi connectivity index (χ0n) is 21.4. The Balaban J connectivity index is 1.13. The highest BCUT2D eigenvalue weighted by molar-refractivity contribution is 6.39. The fourth-order valence-corrected chi connectivity index (χ4v) is 6.01. The number of aromatic carboxylic acids is 1. The number of anilines is 1. The highest BCUT2D eigenvalue weighted by atomic mass is 35.5. The second-order valence-electron chi connectivity index (χ2n) is 10.5. The molecule has 2 aromatic carbocycles. The van der Waals surface area contributed by atoms with E-state index in [4.69, 9.17) is 32.5 Å². The van der Waals surface area contributed by atoms with Crippen LogP contribution in [-0.2, 0) is 18.4 Å². The molecule has 0 atom stereocenters. The fourth-order valence-electron chi connectivity index (χ4n) is 5.43. The molecule has 3 heterocycles. The number of nitrogens with zero attached hydrogens (tertiary/aromatic N) is 3. The van der Waals surface area contributed by atoms with E-state index < -0.39 is 11.6 Å². The largest absolute Gasteiger partial charge is 0.478 e. The molecular weight excluding hydrogens is 544 g/mol. The Morgan fingerprint density at radius 2 is 1.92 bits per heavy atom. The first-order valence-corrected chi connectivity index (χ1v) is 13.8. The van der Waals surface area contributed by atoms with Crippen molar-refractivity contribution in [1.29, 1.82) is 0 Å². The number of piperidine rings is 1. The van der Waals surface area contributed by atoms with Crippen molar-refractivity contribution in [3.8, 4) is 11.3 Å². The summed E-state index contributed by atoms with van der Waals surface area (Å²) < 4.78 is 29.3.